The van der Waals surface area contributed by atoms with E-state index >= 15 is 0 Å². The van der Waals surface area contributed by atoms with E-state index in [0.29, 0.717) is 11.9 Å². The van der Waals surface area contributed by atoms with Crippen molar-refractivity contribution in [1.29, 1.82) is 0 Å². The minimum absolute atomic E-state index is 0. The van der Waals surface area contributed by atoms with Gasteiger partial charge in [0.05, 0.1) is 0 Å². The largest absolute Gasteiger partial charge is 0.357 e. The predicted molar refractivity (Wildman–Crippen MR) is 121 cm³/mol. The SMILES string of the molecule is CCNC(=NCCCCn1cnnc1)NC1CCN(C(=O)C2CCCC2)C1.I. The number of hydrogen-bond acceptors (Lipinski definition) is 4. The monoisotopic (exact) mass is 503 g/mol. The van der Waals surface area contributed by atoms with E-state index in [4.69, 9.17) is 4.99 Å². The molecule has 0 bridgehead atoms. The zero-order chi connectivity index (χ0) is 18.9. The van der Waals surface area contributed by atoms with Crippen LogP contribution in [-0.4, -0.2) is 63.8 Å². The quantitative estimate of drug-likeness (QED) is 0.245. The number of aromatic nitrogens is 3. The number of aryl methyl sites for hydroxylation is 1. The van der Waals surface area contributed by atoms with Gasteiger partial charge in [0.2, 0.25) is 5.91 Å². The highest BCUT2D eigenvalue weighted by molar-refractivity contribution is 14.0. The van der Waals surface area contributed by atoms with E-state index in [1.807, 2.05) is 4.57 Å². The van der Waals surface area contributed by atoms with Gasteiger partial charge >= 0.3 is 0 Å². The molecule has 1 saturated carbocycles. The molecule has 0 spiro atoms. The summed E-state index contributed by atoms with van der Waals surface area (Å²) in [5.41, 5.74) is 0. The Hall–Kier alpha value is -1.39. The van der Waals surface area contributed by atoms with E-state index in [0.717, 1.165) is 70.8 Å². The molecule has 1 unspecified atom stereocenters. The summed E-state index contributed by atoms with van der Waals surface area (Å²) in [4.78, 5) is 19.3. The molecule has 28 heavy (non-hydrogen) atoms. The Balaban J connectivity index is 0.00000280. The average Bonchev–Trinajstić information content (AvgIpc) is 3.43. The number of nitrogens with one attached hydrogen (secondary N) is 2. The third kappa shape index (κ3) is 6.89. The van der Waals surface area contributed by atoms with Crippen molar-refractivity contribution in [3.05, 3.63) is 12.7 Å². The Morgan fingerprint density at radius 2 is 1.93 bits per heavy atom. The molecular weight excluding hydrogens is 469 g/mol. The van der Waals surface area contributed by atoms with Crippen LogP contribution in [0.25, 0.3) is 0 Å². The lowest BCUT2D eigenvalue weighted by Crippen LogP contribution is -2.45. The lowest BCUT2D eigenvalue weighted by molar-refractivity contribution is -0.134. The van der Waals surface area contributed by atoms with Gasteiger partial charge in [-0.2, -0.15) is 0 Å². The second-order valence-electron chi connectivity index (χ2n) is 7.56. The number of hydrogen-bond donors (Lipinski definition) is 2. The van der Waals surface area contributed by atoms with Crippen molar-refractivity contribution in [2.24, 2.45) is 10.9 Å². The fraction of sp³-hybridized carbons (Fsp3) is 0.789. The summed E-state index contributed by atoms with van der Waals surface area (Å²) in [5.74, 6) is 1.51. The molecule has 1 amide bonds. The average molecular weight is 503 g/mol. The van der Waals surface area contributed by atoms with Gasteiger partial charge in [-0.15, -0.1) is 34.2 Å². The second-order valence-corrected chi connectivity index (χ2v) is 7.56. The number of amides is 1. The Bertz CT molecular complexity index is 601. The number of aliphatic imine (C=N–C) groups is 1. The highest BCUT2D eigenvalue weighted by Gasteiger charge is 2.32. The van der Waals surface area contributed by atoms with Crippen molar-refractivity contribution >= 4 is 35.8 Å². The van der Waals surface area contributed by atoms with E-state index in [9.17, 15) is 4.79 Å². The maximum absolute atomic E-state index is 12.6. The first-order valence-electron chi connectivity index (χ1n) is 10.4. The second kappa shape index (κ2) is 12.2. The minimum Gasteiger partial charge on any atom is -0.357 e. The van der Waals surface area contributed by atoms with Crippen LogP contribution in [0.5, 0.6) is 0 Å². The summed E-state index contributed by atoms with van der Waals surface area (Å²) >= 11 is 0. The molecule has 1 aliphatic heterocycles. The van der Waals surface area contributed by atoms with Crippen LogP contribution in [0, 0.1) is 5.92 Å². The fourth-order valence-corrected chi connectivity index (χ4v) is 3.96. The van der Waals surface area contributed by atoms with Gasteiger partial charge in [0, 0.05) is 44.7 Å². The molecule has 1 aromatic rings. The molecule has 158 valence electrons. The standard InChI is InChI=1S/C19H33N7O.HI/c1-2-20-19(21-10-5-6-11-25-14-22-23-15-25)24-17-9-12-26(13-17)18(27)16-7-3-4-8-16;/h14-17H,2-13H2,1H3,(H2,20,21,24);1H. The summed E-state index contributed by atoms with van der Waals surface area (Å²) in [6, 6.07) is 0.296. The molecule has 2 heterocycles. The van der Waals surface area contributed by atoms with Crippen LogP contribution in [0.4, 0.5) is 0 Å². The zero-order valence-electron chi connectivity index (χ0n) is 16.8. The van der Waals surface area contributed by atoms with E-state index in [1.54, 1.807) is 12.7 Å². The zero-order valence-corrected chi connectivity index (χ0v) is 19.2. The van der Waals surface area contributed by atoms with Crippen molar-refractivity contribution in [2.75, 3.05) is 26.2 Å². The number of halogens is 1. The van der Waals surface area contributed by atoms with Gasteiger partial charge in [-0.05, 0) is 39.0 Å². The Morgan fingerprint density at radius 1 is 1.18 bits per heavy atom. The number of rotatable bonds is 8. The maximum Gasteiger partial charge on any atom is 0.225 e. The van der Waals surface area contributed by atoms with Crippen molar-refractivity contribution in [3.8, 4) is 0 Å². The van der Waals surface area contributed by atoms with E-state index < -0.39 is 0 Å². The molecular formula is C19H34IN7O. The molecule has 2 N–H and O–H groups in total. The van der Waals surface area contributed by atoms with Crippen LogP contribution in [0.3, 0.4) is 0 Å². The van der Waals surface area contributed by atoms with Crippen molar-refractivity contribution in [3.63, 3.8) is 0 Å². The van der Waals surface area contributed by atoms with Crippen LogP contribution in [0.2, 0.25) is 0 Å². The van der Waals surface area contributed by atoms with Gasteiger partial charge in [0.15, 0.2) is 5.96 Å². The first kappa shape index (κ1) is 22.9. The van der Waals surface area contributed by atoms with Gasteiger partial charge in [-0.3, -0.25) is 9.79 Å². The lowest BCUT2D eigenvalue weighted by atomic mass is 10.1. The van der Waals surface area contributed by atoms with Gasteiger partial charge in [0.1, 0.15) is 12.7 Å². The fourth-order valence-electron chi connectivity index (χ4n) is 3.96. The molecule has 2 fully saturated rings. The van der Waals surface area contributed by atoms with Crippen molar-refractivity contribution < 1.29 is 4.79 Å². The Kier molecular flexibility index (Phi) is 10.0. The molecule has 9 heteroatoms. The highest BCUT2D eigenvalue weighted by Crippen LogP contribution is 2.27. The molecule has 8 nitrogen and oxygen atoms in total. The number of carbonyl (C=O) groups excluding carboxylic acids is 1. The first-order valence-corrected chi connectivity index (χ1v) is 10.4. The van der Waals surface area contributed by atoms with Gasteiger partial charge in [-0.1, -0.05) is 12.8 Å². The predicted octanol–water partition coefficient (Wildman–Crippen LogP) is 2.02. The number of guanidine groups is 1. The van der Waals surface area contributed by atoms with Crippen molar-refractivity contribution in [2.45, 2.75) is 64.5 Å². The molecule has 1 aliphatic carbocycles. The lowest BCUT2D eigenvalue weighted by Gasteiger charge is -2.21. The summed E-state index contributed by atoms with van der Waals surface area (Å²) < 4.78 is 1.99. The number of likely N-dealkylation sites (tertiary alicyclic amines) is 1. The molecule has 1 atom stereocenters. The molecule has 1 saturated heterocycles. The smallest absolute Gasteiger partial charge is 0.225 e. The Labute approximate surface area is 185 Å². The van der Waals surface area contributed by atoms with Gasteiger partial charge in [0.25, 0.3) is 0 Å². The van der Waals surface area contributed by atoms with Crippen LogP contribution in [0.15, 0.2) is 17.6 Å². The highest BCUT2D eigenvalue weighted by atomic mass is 127. The minimum atomic E-state index is 0. The summed E-state index contributed by atoms with van der Waals surface area (Å²) in [7, 11) is 0. The summed E-state index contributed by atoms with van der Waals surface area (Å²) in [6.45, 7) is 6.29. The summed E-state index contributed by atoms with van der Waals surface area (Å²) in [5, 5.41) is 14.5. The van der Waals surface area contributed by atoms with E-state index in [2.05, 4.69) is 32.7 Å². The van der Waals surface area contributed by atoms with E-state index in [1.165, 1.54) is 12.8 Å². The molecule has 3 rings (SSSR count). The first-order chi connectivity index (χ1) is 13.3. The third-order valence-electron chi connectivity index (χ3n) is 5.45. The molecule has 2 aliphatic rings. The van der Waals surface area contributed by atoms with Gasteiger partial charge < -0.3 is 20.1 Å². The number of carbonyl (C=O) groups is 1. The number of unbranched alkanes of at least 4 members (excludes halogenated alkanes) is 1. The molecule has 1 aromatic heterocycles. The molecule has 0 radical (unpaired) electrons. The molecule has 0 aromatic carbocycles. The van der Waals surface area contributed by atoms with E-state index in [-0.39, 0.29) is 29.9 Å². The van der Waals surface area contributed by atoms with Gasteiger partial charge in [-0.25, -0.2) is 0 Å². The number of nitrogens with zero attached hydrogens (tertiary/aromatic N) is 5. The topological polar surface area (TPSA) is 87.4 Å². The van der Waals surface area contributed by atoms with Crippen LogP contribution < -0.4 is 10.6 Å². The third-order valence-corrected chi connectivity index (χ3v) is 5.45. The maximum atomic E-state index is 12.6. The van der Waals surface area contributed by atoms with Crippen molar-refractivity contribution in [1.82, 2.24) is 30.3 Å². The van der Waals surface area contributed by atoms with Crippen LogP contribution in [-0.2, 0) is 11.3 Å². The Morgan fingerprint density at radius 3 is 2.64 bits per heavy atom. The van der Waals surface area contributed by atoms with Crippen LogP contribution in [0.1, 0.15) is 51.9 Å². The van der Waals surface area contributed by atoms with Crippen LogP contribution >= 0.6 is 24.0 Å². The normalized spacial score (nSPS) is 20.2. The summed E-state index contributed by atoms with van der Waals surface area (Å²) in [6.07, 6.45) is 11.1.